The third-order valence-corrected chi connectivity index (χ3v) is 1.23. The van der Waals surface area contributed by atoms with Crippen molar-refractivity contribution in [3.05, 3.63) is 18.2 Å². The van der Waals surface area contributed by atoms with Gasteiger partial charge in [-0.3, -0.25) is 4.79 Å². The summed E-state index contributed by atoms with van der Waals surface area (Å²) < 4.78 is 0.944. The molecule has 11 nitrogen and oxygen atoms in total. The average Bonchev–Trinajstić information content (AvgIpc) is 2.93. The second-order valence-corrected chi connectivity index (χ2v) is 2.30. The molecule has 0 saturated carbocycles. The molecule has 0 saturated heterocycles. The first-order chi connectivity index (χ1) is 7.61. The summed E-state index contributed by atoms with van der Waals surface area (Å²) in [5, 5.41) is 18.3. The number of hydrogen-bond donors (Lipinski definition) is 3. The van der Waals surface area contributed by atoms with E-state index >= 15 is 0 Å². The van der Waals surface area contributed by atoms with Gasteiger partial charge in [0.25, 0.3) is 5.91 Å². The third kappa shape index (κ3) is 3.13. The number of amides is 2. The van der Waals surface area contributed by atoms with Gasteiger partial charge in [-0.25, -0.2) is 9.89 Å². The molecule has 2 rings (SSSR count). The highest BCUT2D eigenvalue weighted by Gasteiger charge is 2.00. The van der Waals surface area contributed by atoms with Crippen LogP contribution in [0.5, 0.6) is 0 Å². The molecular weight excluding hydrogens is 218 g/mol. The molecule has 0 radical (unpaired) electrons. The van der Waals surface area contributed by atoms with Crippen LogP contribution in [0.15, 0.2) is 12.4 Å². The van der Waals surface area contributed by atoms with Gasteiger partial charge in [0.2, 0.25) is 5.82 Å². The van der Waals surface area contributed by atoms with Crippen molar-refractivity contribution in [2.45, 2.75) is 0 Å². The average molecular weight is 225 g/mol. The molecule has 0 aliphatic rings. The van der Waals surface area contributed by atoms with Crippen LogP contribution in [0.2, 0.25) is 0 Å². The number of H-pyrrole nitrogens is 1. The number of nitrogens with zero attached hydrogens (tertiary/aromatic N) is 6. The number of aromatic nitrogens is 7. The molecule has 84 valence electrons. The Hall–Kier alpha value is -2.85. The summed E-state index contributed by atoms with van der Waals surface area (Å²) in [6, 6.07) is -0.623. The Morgan fingerprint density at radius 1 is 1.38 bits per heavy atom. The molecule has 2 amide bonds. The van der Waals surface area contributed by atoms with Crippen LogP contribution < -0.4 is 11.5 Å². The highest BCUT2D eigenvalue weighted by Crippen LogP contribution is 1.75. The summed E-state index contributed by atoms with van der Waals surface area (Å²) in [6.07, 6.45) is 2.76. The van der Waals surface area contributed by atoms with Crippen LogP contribution in [0.3, 0.4) is 0 Å². The fraction of sp³-hybridized carbons (Fsp3) is 0. The lowest BCUT2D eigenvalue weighted by molar-refractivity contribution is 0.0990. The van der Waals surface area contributed by atoms with Gasteiger partial charge in [0.1, 0.15) is 0 Å². The van der Waals surface area contributed by atoms with Crippen LogP contribution in [0, 0.1) is 0 Å². The van der Waals surface area contributed by atoms with Gasteiger partial charge in [-0.1, -0.05) is 5.21 Å². The Morgan fingerprint density at radius 3 is 2.38 bits per heavy atom. The van der Waals surface area contributed by atoms with Crippen LogP contribution in [0.4, 0.5) is 4.79 Å². The smallest absolute Gasteiger partial charge is 0.340 e. The Labute approximate surface area is 87.8 Å². The van der Waals surface area contributed by atoms with Crippen molar-refractivity contribution in [3.8, 4) is 0 Å². The second kappa shape index (κ2) is 5.14. The summed E-state index contributed by atoms with van der Waals surface area (Å²) in [5.74, 6) is -0.681. The van der Waals surface area contributed by atoms with Gasteiger partial charge < -0.3 is 11.5 Å². The van der Waals surface area contributed by atoms with E-state index in [0.29, 0.717) is 0 Å². The molecule has 2 aromatic heterocycles. The zero-order valence-electron chi connectivity index (χ0n) is 7.81. The van der Waals surface area contributed by atoms with E-state index in [1.807, 2.05) is 0 Å². The number of aromatic amines is 1. The summed E-state index contributed by atoms with van der Waals surface area (Å²) in [4.78, 5) is 20.3. The van der Waals surface area contributed by atoms with Gasteiger partial charge in [0.15, 0.2) is 0 Å². The molecule has 5 N–H and O–H groups in total. The molecule has 0 unspecified atom stereocenters. The lowest BCUT2D eigenvalue weighted by Gasteiger charge is -1.84. The zero-order chi connectivity index (χ0) is 12.0. The Kier molecular flexibility index (Phi) is 3.60. The van der Waals surface area contributed by atoms with E-state index in [-0.39, 0.29) is 5.82 Å². The molecule has 2 heterocycles. The first-order valence-electron chi connectivity index (χ1n) is 3.81. The third-order valence-electron chi connectivity index (χ3n) is 1.23. The molecule has 0 aromatic carbocycles. The monoisotopic (exact) mass is 225 g/mol. The maximum atomic E-state index is 10.1. The van der Waals surface area contributed by atoms with Gasteiger partial charge >= 0.3 is 6.03 Å². The number of nitrogens with one attached hydrogen (secondary N) is 1. The van der Waals surface area contributed by atoms with E-state index in [4.69, 9.17) is 11.5 Å². The topological polar surface area (TPSA) is 171 Å². The van der Waals surface area contributed by atoms with Crippen LogP contribution >= 0.6 is 0 Å². The molecule has 0 aliphatic heterocycles. The fourth-order valence-electron chi connectivity index (χ4n) is 0.589. The van der Waals surface area contributed by atoms with E-state index in [1.165, 1.54) is 12.4 Å². The van der Waals surface area contributed by atoms with Gasteiger partial charge in [-0.05, 0) is 10.4 Å². The lowest BCUT2D eigenvalue weighted by atomic mass is 10.6. The molecule has 0 bridgehead atoms. The van der Waals surface area contributed by atoms with E-state index in [9.17, 15) is 9.59 Å². The number of carbonyl (C=O) groups is 2. The van der Waals surface area contributed by atoms with Crippen molar-refractivity contribution in [3.63, 3.8) is 0 Å². The van der Waals surface area contributed by atoms with Gasteiger partial charge in [0.05, 0.1) is 12.4 Å². The molecule has 0 fully saturated rings. The Balaban J connectivity index is 0.000000160. The summed E-state index contributed by atoms with van der Waals surface area (Å²) in [6.45, 7) is 0. The van der Waals surface area contributed by atoms with Crippen molar-refractivity contribution in [1.82, 2.24) is 35.6 Å². The lowest BCUT2D eigenvalue weighted by Crippen LogP contribution is -2.19. The summed E-state index contributed by atoms with van der Waals surface area (Å²) in [5.41, 5.74) is 9.53. The van der Waals surface area contributed by atoms with Gasteiger partial charge in [-0.15, -0.1) is 10.2 Å². The number of tetrazole rings is 1. The second-order valence-electron chi connectivity index (χ2n) is 2.30. The SMILES string of the molecule is NC(=O)c1nnn[nH]1.NC(=O)n1ccnn1. The largest absolute Gasteiger partial charge is 0.363 e. The van der Waals surface area contributed by atoms with Gasteiger partial charge in [0, 0.05) is 0 Å². The molecule has 0 spiro atoms. The predicted molar refractivity (Wildman–Crippen MR) is 47.7 cm³/mol. The van der Waals surface area contributed by atoms with E-state index < -0.39 is 11.9 Å². The zero-order valence-corrected chi connectivity index (χ0v) is 7.81. The van der Waals surface area contributed by atoms with Crippen molar-refractivity contribution in [1.29, 1.82) is 0 Å². The maximum Gasteiger partial charge on any atom is 0.340 e. The van der Waals surface area contributed by atoms with Crippen LogP contribution in [-0.2, 0) is 0 Å². The van der Waals surface area contributed by atoms with E-state index in [0.717, 1.165) is 4.68 Å². The predicted octanol–water partition coefficient (Wildman–Crippen LogP) is -2.50. The number of rotatable bonds is 1. The number of hydrogen-bond acceptors (Lipinski definition) is 7. The molecule has 16 heavy (non-hydrogen) atoms. The summed E-state index contributed by atoms with van der Waals surface area (Å²) in [7, 11) is 0. The van der Waals surface area contributed by atoms with Crippen LogP contribution in [0.1, 0.15) is 10.6 Å². The van der Waals surface area contributed by atoms with E-state index in [2.05, 4.69) is 30.9 Å². The maximum absolute atomic E-state index is 10.1. The number of primary amides is 2. The first kappa shape index (κ1) is 11.2. The highest BCUT2D eigenvalue weighted by atomic mass is 16.2. The molecule has 0 atom stereocenters. The number of carbonyl (C=O) groups excluding carboxylic acids is 2. The van der Waals surface area contributed by atoms with Gasteiger partial charge in [-0.2, -0.15) is 4.68 Å². The molecule has 11 heteroatoms. The highest BCUT2D eigenvalue weighted by molar-refractivity contribution is 5.88. The normalized spacial score (nSPS) is 9.00. The minimum Gasteiger partial charge on any atom is -0.363 e. The quantitative estimate of drug-likeness (QED) is 0.481. The Bertz CT molecular complexity index is 402. The molecule has 2 aromatic rings. The Morgan fingerprint density at radius 2 is 2.12 bits per heavy atom. The van der Waals surface area contributed by atoms with Crippen molar-refractivity contribution in [2.24, 2.45) is 11.5 Å². The molecule has 0 aliphatic carbocycles. The standard InChI is InChI=1S/C3H4N4O.C2H3N5O/c4-3(8)7-2-1-5-6-7;3-1(8)2-4-6-7-5-2/h1-2H,(H2,4,8);(H2,3,8)(H,4,5,6,7). The van der Waals surface area contributed by atoms with Crippen molar-refractivity contribution >= 4 is 11.9 Å². The van der Waals surface area contributed by atoms with Crippen LogP contribution in [0.25, 0.3) is 0 Å². The number of nitrogens with two attached hydrogens (primary N) is 2. The minimum atomic E-state index is -0.657. The molecular formula is C5H7N9O2. The van der Waals surface area contributed by atoms with Crippen LogP contribution in [-0.4, -0.2) is 47.6 Å². The minimum absolute atomic E-state index is 0.0231. The summed E-state index contributed by atoms with van der Waals surface area (Å²) >= 11 is 0. The van der Waals surface area contributed by atoms with Crippen molar-refractivity contribution in [2.75, 3.05) is 0 Å². The first-order valence-corrected chi connectivity index (χ1v) is 3.81. The fourth-order valence-corrected chi connectivity index (χ4v) is 0.589. The van der Waals surface area contributed by atoms with E-state index in [1.54, 1.807) is 0 Å². The van der Waals surface area contributed by atoms with Crippen molar-refractivity contribution < 1.29 is 9.59 Å².